The summed E-state index contributed by atoms with van der Waals surface area (Å²) < 4.78 is 5.14. The van der Waals surface area contributed by atoms with Crippen LogP contribution in [0.5, 0.6) is 0 Å². The van der Waals surface area contributed by atoms with E-state index < -0.39 is 0 Å². The van der Waals surface area contributed by atoms with Gasteiger partial charge in [0.05, 0.1) is 0 Å². The lowest BCUT2D eigenvalue weighted by atomic mass is 10.1. The van der Waals surface area contributed by atoms with Gasteiger partial charge in [-0.25, -0.2) is 0 Å². The number of rotatable bonds is 8. The number of aliphatic hydroxyl groups excluding tert-OH is 1. The van der Waals surface area contributed by atoms with E-state index in [2.05, 4.69) is 5.32 Å². The van der Waals surface area contributed by atoms with Crippen LogP contribution in [0.3, 0.4) is 0 Å². The maximum absolute atomic E-state index is 11.4. The predicted molar refractivity (Wildman–Crippen MR) is 59.6 cm³/mol. The van der Waals surface area contributed by atoms with Crippen molar-refractivity contribution in [2.45, 2.75) is 39.7 Å². The molecule has 0 spiro atoms. The van der Waals surface area contributed by atoms with E-state index in [-0.39, 0.29) is 24.5 Å². The average molecular weight is 217 g/mol. The van der Waals surface area contributed by atoms with Gasteiger partial charge in [0, 0.05) is 32.3 Å². The van der Waals surface area contributed by atoms with Gasteiger partial charge in [0.2, 0.25) is 5.91 Å². The smallest absolute Gasteiger partial charge is 0.220 e. The minimum Gasteiger partial charge on any atom is -0.396 e. The van der Waals surface area contributed by atoms with Crippen molar-refractivity contribution in [2.24, 2.45) is 5.92 Å². The van der Waals surface area contributed by atoms with E-state index in [0.29, 0.717) is 19.6 Å². The van der Waals surface area contributed by atoms with Crippen molar-refractivity contribution in [2.75, 3.05) is 19.8 Å². The number of ether oxygens (including phenoxy) is 1. The minimum absolute atomic E-state index is 0.0228. The first-order valence-electron chi connectivity index (χ1n) is 5.59. The van der Waals surface area contributed by atoms with E-state index in [1.165, 1.54) is 0 Å². The van der Waals surface area contributed by atoms with Gasteiger partial charge in [-0.3, -0.25) is 4.79 Å². The number of nitrogens with one attached hydrogen (secondary N) is 1. The van der Waals surface area contributed by atoms with Gasteiger partial charge in [-0.15, -0.1) is 0 Å². The van der Waals surface area contributed by atoms with Gasteiger partial charge in [0.25, 0.3) is 0 Å². The zero-order valence-electron chi connectivity index (χ0n) is 9.95. The highest BCUT2D eigenvalue weighted by Gasteiger charge is 2.13. The molecule has 2 unspecified atom stereocenters. The molecule has 0 bridgehead atoms. The molecule has 0 fully saturated rings. The molecule has 0 rings (SSSR count). The standard InChI is InChI=1S/C11H23NO3/c1-4-15-7-5-6-11(14)12-10(3)9(2)8-13/h9-10,13H,4-8H2,1-3H3,(H,12,14). The van der Waals surface area contributed by atoms with Crippen molar-refractivity contribution >= 4 is 5.91 Å². The van der Waals surface area contributed by atoms with E-state index in [9.17, 15) is 4.79 Å². The Labute approximate surface area is 92.0 Å². The maximum Gasteiger partial charge on any atom is 0.220 e. The molecule has 0 aliphatic carbocycles. The van der Waals surface area contributed by atoms with Crippen LogP contribution in [0.2, 0.25) is 0 Å². The summed E-state index contributed by atoms with van der Waals surface area (Å²) in [5, 5.41) is 11.7. The molecule has 90 valence electrons. The fourth-order valence-electron chi connectivity index (χ4n) is 1.11. The molecule has 4 heteroatoms. The molecule has 0 saturated carbocycles. The highest BCUT2D eigenvalue weighted by molar-refractivity contribution is 5.76. The van der Waals surface area contributed by atoms with Gasteiger partial charge in [-0.1, -0.05) is 6.92 Å². The SMILES string of the molecule is CCOCCCC(=O)NC(C)C(C)CO. The molecule has 2 N–H and O–H groups in total. The quantitative estimate of drug-likeness (QED) is 0.595. The molecule has 0 radical (unpaired) electrons. The molecule has 0 aromatic rings. The lowest BCUT2D eigenvalue weighted by Gasteiger charge is -2.19. The largest absolute Gasteiger partial charge is 0.396 e. The Morgan fingerprint density at radius 2 is 2.13 bits per heavy atom. The van der Waals surface area contributed by atoms with Gasteiger partial charge in [-0.2, -0.15) is 0 Å². The summed E-state index contributed by atoms with van der Waals surface area (Å²) >= 11 is 0. The van der Waals surface area contributed by atoms with Crippen LogP contribution in [0.4, 0.5) is 0 Å². The van der Waals surface area contributed by atoms with Crippen LogP contribution in [-0.2, 0) is 9.53 Å². The van der Waals surface area contributed by atoms with Crippen molar-refractivity contribution in [3.8, 4) is 0 Å². The van der Waals surface area contributed by atoms with Crippen LogP contribution in [0, 0.1) is 5.92 Å². The van der Waals surface area contributed by atoms with Crippen LogP contribution in [0.15, 0.2) is 0 Å². The number of carbonyl (C=O) groups excluding carboxylic acids is 1. The second-order valence-electron chi connectivity index (χ2n) is 3.82. The monoisotopic (exact) mass is 217 g/mol. The average Bonchev–Trinajstić information content (AvgIpc) is 2.23. The van der Waals surface area contributed by atoms with Crippen LogP contribution in [0.25, 0.3) is 0 Å². The number of hydrogen-bond donors (Lipinski definition) is 2. The fourth-order valence-corrected chi connectivity index (χ4v) is 1.11. The molecule has 2 atom stereocenters. The number of amides is 1. The summed E-state index contributed by atoms with van der Waals surface area (Å²) in [6.45, 7) is 7.17. The summed E-state index contributed by atoms with van der Waals surface area (Å²) in [5.74, 6) is 0.128. The van der Waals surface area contributed by atoms with E-state index in [4.69, 9.17) is 9.84 Å². The Kier molecular flexibility index (Phi) is 8.33. The van der Waals surface area contributed by atoms with Crippen LogP contribution in [-0.4, -0.2) is 36.9 Å². The molecule has 4 nitrogen and oxygen atoms in total. The van der Waals surface area contributed by atoms with Crippen LogP contribution >= 0.6 is 0 Å². The molecule has 0 aliphatic heterocycles. The van der Waals surface area contributed by atoms with Crippen molar-refractivity contribution in [1.82, 2.24) is 5.32 Å². The normalized spacial score (nSPS) is 14.7. The van der Waals surface area contributed by atoms with Crippen molar-refractivity contribution in [3.63, 3.8) is 0 Å². The lowest BCUT2D eigenvalue weighted by Crippen LogP contribution is -2.38. The Balaban J connectivity index is 3.55. The zero-order chi connectivity index (χ0) is 11.7. The molecular formula is C11H23NO3. The zero-order valence-corrected chi connectivity index (χ0v) is 9.95. The summed E-state index contributed by atoms with van der Waals surface area (Å²) in [5.41, 5.74) is 0. The highest BCUT2D eigenvalue weighted by Crippen LogP contribution is 2.01. The molecule has 0 aromatic carbocycles. The van der Waals surface area contributed by atoms with Gasteiger partial charge in [-0.05, 0) is 26.2 Å². The summed E-state index contributed by atoms with van der Waals surface area (Å²) in [4.78, 5) is 11.4. The lowest BCUT2D eigenvalue weighted by molar-refractivity contribution is -0.122. The van der Waals surface area contributed by atoms with Gasteiger partial charge in [0.15, 0.2) is 0 Å². The first-order valence-corrected chi connectivity index (χ1v) is 5.59. The number of aliphatic hydroxyl groups is 1. The second kappa shape index (κ2) is 8.68. The highest BCUT2D eigenvalue weighted by atomic mass is 16.5. The third-order valence-electron chi connectivity index (χ3n) is 2.43. The Hall–Kier alpha value is -0.610. The van der Waals surface area contributed by atoms with Crippen LogP contribution in [0.1, 0.15) is 33.6 Å². The molecule has 15 heavy (non-hydrogen) atoms. The van der Waals surface area contributed by atoms with E-state index in [1.807, 2.05) is 20.8 Å². The Bertz CT molecular complexity index is 173. The topological polar surface area (TPSA) is 58.6 Å². The molecule has 0 aliphatic rings. The Morgan fingerprint density at radius 1 is 1.47 bits per heavy atom. The molecule has 0 heterocycles. The van der Waals surface area contributed by atoms with Gasteiger partial charge >= 0.3 is 0 Å². The third-order valence-corrected chi connectivity index (χ3v) is 2.43. The van der Waals surface area contributed by atoms with E-state index in [0.717, 1.165) is 6.42 Å². The van der Waals surface area contributed by atoms with Crippen LogP contribution < -0.4 is 5.32 Å². The van der Waals surface area contributed by atoms with E-state index in [1.54, 1.807) is 0 Å². The summed E-state index contributed by atoms with van der Waals surface area (Å²) in [6.07, 6.45) is 1.24. The van der Waals surface area contributed by atoms with Crippen molar-refractivity contribution < 1.29 is 14.6 Å². The summed E-state index contributed by atoms with van der Waals surface area (Å²) in [6, 6.07) is 0.0228. The number of carbonyl (C=O) groups is 1. The molecule has 0 aromatic heterocycles. The first-order chi connectivity index (χ1) is 7.11. The molecule has 1 amide bonds. The van der Waals surface area contributed by atoms with Crippen molar-refractivity contribution in [3.05, 3.63) is 0 Å². The van der Waals surface area contributed by atoms with E-state index >= 15 is 0 Å². The summed E-state index contributed by atoms with van der Waals surface area (Å²) in [7, 11) is 0. The van der Waals surface area contributed by atoms with Gasteiger partial charge in [0.1, 0.15) is 0 Å². The molecular weight excluding hydrogens is 194 g/mol. The van der Waals surface area contributed by atoms with Gasteiger partial charge < -0.3 is 15.2 Å². The maximum atomic E-state index is 11.4. The number of hydrogen-bond acceptors (Lipinski definition) is 3. The van der Waals surface area contributed by atoms with Crippen molar-refractivity contribution in [1.29, 1.82) is 0 Å². The molecule has 0 saturated heterocycles. The first kappa shape index (κ1) is 14.4. The predicted octanol–water partition coefficient (Wildman–Crippen LogP) is 0.936. The third kappa shape index (κ3) is 7.33. The second-order valence-corrected chi connectivity index (χ2v) is 3.82. The minimum atomic E-state index is 0.0228. The Morgan fingerprint density at radius 3 is 2.67 bits per heavy atom. The fraction of sp³-hybridized carbons (Fsp3) is 0.909.